The predicted molar refractivity (Wildman–Crippen MR) is 115 cm³/mol. The number of imide groups is 1. The fraction of sp³-hybridized carbons (Fsp3) is 0.227. The quantitative estimate of drug-likeness (QED) is 0.744. The van der Waals surface area contributed by atoms with Gasteiger partial charge in [-0.25, -0.2) is 0 Å². The molecule has 3 amide bonds. The van der Waals surface area contributed by atoms with E-state index in [1.165, 1.54) is 0 Å². The number of rotatable bonds is 5. The highest BCUT2D eigenvalue weighted by molar-refractivity contribution is 8.18. The number of thioether (sulfide) groups is 1. The number of methoxy groups -OCH3 is 1. The largest absolute Gasteiger partial charge is 0.497 e. The van der Waals surface area contributed by atoms with Crippen LogP contribution in [0.15, 0.2) is 41.3 Å². The molecule has 1 heterocycles. The van der Waals surface area contributed by atoms with Crippen LogP contribution in [0.2, 0.25) is 0 Å². The van der Waals surface area contributed by atoms with Crippen molar-refractivity contribution in [1.29, 1.82) is 0 Å². The summed E-state index contributed by atoms with van der Waals surface area (Å²) >= 11 is 0.824. The summed E-state index contributed by atoms with van der Waals surface area (Å²) in [5.74, 6) is -0.235. The summed E-state index contributed by atoms with van der Waals surface area (Å²) in [5.41, 5.74) is 4.42. The Balaban J connectivity index is 1.73. The van der Waals surface area contributed by atoms with Gasteiger partial charge in [0.1, 0.15) is 12.3 Å². The van der Waals surface area contributed by atoms with Gasteiger partial charge in [0.05, 0.1) is 12.0 Å². The van der Waals surface area contributed by atoms with Crippen molar-refractivity contribution in [3.63, 3.8) is 0 Å². The van der Waals surface area contributed by atoms with E-state index in [2.05, 4.69) is 5.32 Å². The summed E-state index contributed by atoms with van der Waals surface area (Å²) in [5, 5.41) is 2.36. The molecule has 2 aromatic carbocycles. The van der Waals surface area contributed by atoms with Crippen molar-refractivity contribution in [3.8, 4) is 5.75 Å². The number of benzene rings is 2. The molecule has 3 rings (SSSR count). The summed E-state index contributed by atoms with van der Waals surface area (Å²) in [6.07, 6.45) is 1.62. The second kappa shape index (κ2) is 8.53. The summed E-state index contributed by atoms with van der Waals surface area (Å²) in [7, 11) is 1.56. The predicted octanol–water partition coefficient (Wildman–Crippen LogP) is 4.30. The number of anilines is 1. The van der Waals surface area contributed by atoms with Gasteiger partial charge in [0.2, 0.25) is 5.91 Å². The smallest absolute Gasteiger partial charge is 0.294 e. The van der Waals surface area contributed by atoms with Crippen LogP contribution in [0.4, 0.5) is 10.5 Å². The van der Waals surface area contributed by atoms with Crippen LogP contribution in [0.1, 0.15) is 22.3 Å². The molecule has 150 valence electrons. The molecule has 7 heteroatoms. The molecule has 1 aliphatic rings. The third-order valence-corrected chi connectivity index (χ3v) is 5.42. The average molecular weight is 410 g/mol. The maximum absolute atomic E-state index is 12.6. The van der Waals surface area contributed by atoms with E-state index < -0.39 is 17.1 Å². The average Bonchev–Trinajstić information content (AvgIpc) is 2.92. The van der Waals surface area contributed by atoms with E-state index >= 15 is 0 Å². The van der Waals surface area contributed by atoms with Crippen molar-refractivity contribution in [2.45, 2.75) is 20.8 Å². The highest BCUT2D eigenvalue weighted by Gasteiger charge is 2.36. The van der Waals surface area contributed by atoms with Crippen LogP contribution >= 0.6 is 11.8 Å². The van der Waals surface area contributed by atoms with E-state index in [0.717, 1.165) is 38.9 Å². The molecule has 1 aliphatic heterocycles. The van der Waals surface area contributed by atoms with E-state index in [0.29, 0.717) is 11.4 Å². The van der Waals surface area contributed by atoms with Crippen LogP contribution in [0.5, 0.6) is 5.75 Å². The fourth-order valence-corrected chi connectivity index (χ4v) is 4.06. The van der Waals surface area contributed by atoms with Crippen LogP contribution in [0.25, 0.3) is 6.08 Å². The standard InChI is InChI=1S/C22H22N2O4S/c1-13-8-14(2)20(15(3)9-13)23-19(25)12-24-21(26)18(29-22(24)27)11-16-6-5-7-17(10-16)28-4/h5-11H,12H2,1-4H3,(H,23,25)/b18-11+. The zero-order valence-corrected chi connectivity index (χ0v) is 17.6. The van der Waals surface area contributed by atoms with E-state index in [9.17, 15) is 14.4 Å². The normalized spacial score (nSPS) is 15.2. The fourth-order valence-electron chi connectivity index (χ4n) is 3.22. The molecule has 29 heavy (non-hydrogen) atoms. The molecule has 0 atom stereocenters. The Kier molecular flexibility index (Phi) is 6.08. The molecule has 0 radical (unpaired) electrons. The maximum Gasteiger partial charge on any atom is 0.294 e. The second-order valence-electron chi connectivity index (χ2n) is 6.87. The zero-order chi connectivity index (χ0) is 21.1. The molecular formula is C22H22N2O4S. The summed E-state index contributed by atoms with van der Waals surface area (Å²) in [6.45, 7) is 5.48. The van der Waals surface area contributed by atoms with E-state index in [1.54, 1.807) is 31.4 Å². The Morgan fingerprint density at radius 1 is 1.14 bits per heavy atom. The van der Waals surface area contributed by atoms with Crippen LogP contribution in [0, 0.1) is 20.8 Å². The van der Waals surface area contributed by atoms with E-state index in [4.69, 9.17) is 4.74 Å². The molecule has 1 N–H and O–H groups in total. The van der Waals surface area contributed by atoms with Crippen molar-refractivity contribution < 1.29 is 19.1 Å². The first-order valence-electron chi connectivity index (χ1n) is 9.05. The van der Waals surface area contributed by atoms with Gasteiger partial charge in [-0.15, -0.1) is 0 Å². The minimum atomic E-state index is -0.477. The van der Waals surface area contributed by atoms with Gasteiger partial charge in [-0.2, -0.15) is 0 Å². The maximum atomic E-state index is 12.6. The molecule has 1 saturated heterocycles. The second-order valence-corrected chi connectivity index (χ2v) is 7.86. The van der Waals surface area contributed by atoms with E-state index in [-0.39, 0.29) is 11.4 Å². The lowest BCUT2D eigenvalue weighted by Gasteiger charge is -2.15. The lowest BCUT2D eigenvalue weighted by atomic mass is 10.1. The highest BCUT2D eigenvalue weighted by atomic mass is 32.2. The first kappa shape index (κ1) is 20.7. The van der Waals surface area contributed by atoms with Crippen LogP contribution in [-0.4, -0.2) is 35.6 Å². The molecule has 0 aliphatic carbocycles. The number of nitrogens with zero attached hydrogens (tertiary/aromatic N) is 1. The number of nitrogens with one attached hydrogen (secondary N) is 1. The first-order chi connectivity index (χ1) is 13.8. The molecule has 0 unspecified atom stereocenters. The number of carbonyl (C=O) groups excluding carboxylic acids is 3. The van der Waals surface area contributed by atoms with Gasteiger partial charge < -0.3 is 10.1 Å². The Morgan fingerprint density at radius 3 is 2.48 bits per heavy atom. The molecule has 6 nitrogen and oxygen atoms in total. The molecule has 0 aromatic heterocycles. The van der Waals surface area contributed by atoms with Crippen molar-refractivity contribution in [3.05, 3.63) is 63.6 Å². The Bertz CT molecular complexity index is 1010. The van der Waals surface area contributed by atoms with Crippen LogP contribution in [0.3, 0.4) is 0 Å². The number of carbonyl (C=O) groups is 3. The lowest BCUT2D eigenvalue weighted by Crippen LogP contribution is -2.36. The molecule has 0 saturated carbocycles. The number of aryl methyl sites for hydroxylation is 3. The van der Waals surface area contributed by atoms with Crippen molar-refractivity contribution >= 4 is 40.6 Å². The van der Waals surface area contributed by atoms with Gasteiger partial charge in [-0.3, -0.25) is 19.3 Å². The van der Waals surface area contributed by atoms with Crippen LogP contribution in [-0.2, 0) is 9.59 Å². The first-order valence-corrected chi connectivity index (χ1v) is 9.87. The van der Waals surface area contributed by atoms with Crippen LogP contribution < -0.4 is 10.1 Å². The van der Waals surface area contributed by atoms with E-state index in [1.807, 2.05) is 39.0 Å². The van der Waals surface area contributed by atoms with Gasteiger partial charge >= 0.3 is 0 Å². The topological polar surface area (TPSA) is 75.7 Å². The summed E-state index contributed by atoms with van der Waals surface area (Å²) < 4.78 is 5.17. The molecule has 0 bridgehead atoms. The third-order valence-electron chi connectivity index (χ3n) is 4.51. The minimum absolute atomic E-state index is 0.277. The molecule has 1 fully saturated rings. The Hall–Kier alpha value is -3.06. The Morgan fingerprint density at radius 2 is 1.83 bits per heavy atom. The van der Waals surface area contributed by atoms with Gasteiger partial charge in [0, 0.05) is 5.69 Å². The molecule has 0 spiro atoms. The minimum Gasteiger partial charge on any atom is -0.497 e. The zero-order valence-electron chi connectivity index (χ0n) is 16.7. The van der Waals surface area contributed by atoms with Gasteiger partial charge in [0.25, 0.3) is 11.1 Å². The summed E-state index contributed by atoms with van der Waals surface area (Å²) in [6, 6.07) is 11.1. The third kappa shape index (κ3) is 4.68. The molecular weight excluding hydrogens is 388 g/mol. The summed E-state index contributed by atoms with van der Waals surface area (Å²) in [4.78, 5) is 38.7. The van der Waals surface area contributed by atoms with Gasteiger partial charge in [-0.05, 0) is 67.4 Å². The van der Waals surface area contributed by atoms with Crippen molar-refractivity contribution in [2.24, 2.45) is 0 Å². The monoisotopic (exact) mass is 410 g/mol. The van der Waals surface area contributed by atoms with Crippen molar-refractivity contribution in [2.75, 3.05) is 19.0 Å². The molecule has 2 aromatic rings. The SMILES string of the molecule is COc1cccc(/C=C2/SC(=O)N(CC(=O)Nc3c(C)cc(C)cc3C)C2=O)c1. The lowest BCUT2D eigenvalue weighted by molar-refractivity contribution is -0.127. The number of amides is 3. The Labute approximate surface area is 173 Å². The van der Waals surface area contributed by atoms with Gasteiger partial charge in [-0.1, -0.05) is 29.8 Å². The number of ether oxygens (including phenoxy) is 1. The number of hydrogen-bond acceptors (Lipinski definition) is 5. The number of hydrogen-bond donors (Lipinski definition) is 1. The highest BCUT2D eigenvalue weighted by Crippen LogP contribution is 2.32. The van der Waals surface area contributed by atoms with Gasteiger partial charge in [0.15, 0.2) is 0 Å². The van der Waals surface area contributed by atoms with Crippen molar-refractivity contribution in [1.82, 2.24) is 4.90 Å².